The lowest BCUT2D eigenvalue weighted by atomic mass is 9.94. The third-order valence-electron chi connectivity index (χ3n) is 7.72. The molecule has 3 heterocycles. The third kappa shape index (κ3) is 6.19. The number of benzene rings is 1. The SMILES string of the molecule is Cc1ccc(NC(=O)Nc2sc(C(C)(C)C)cc2C(=O)N2CCN(C3C(=O)C3N(C)C)CC2)cc1-c1cccnc1. The highest BCUT2D eigenvalue weighted by Gasteiger charge is 2.54. The minimum Gasteiger partial charge on any atom is -0.336 e. The van der Waals surface area contributed by atoms with Crippen molar-refractivity contribution in [2.45, 2.75) is 45.2 Å². The Hall–Kier alpha value is -3.60. The molecule has 2 fully saturated rings. The molecule has 1 aliphatic carbocycles. The van der Waals surface area contributed by atoms with Gasteiger partial charge in [-0.15, -0.1) is 11.3 Å². The maximum atomic E-state index is 13.7. The van der Waals surface area contributed by atoms with Crippen LogP contribution < -0.4 is 10.6 Å². The van der Waals surface area contributed by atoms with Crippen molar-refractivity contribution in [2.75, 3.05) is 50.9 Å². The second kappa shape index (κ2) is 11.3. The van der Waals surface area contributed by atoms with Crippen molar-refractivity contribution in [3.8, 4) is 11.1 Å². The monoisotopic (exact) mass is 574 g/mol. The van der Waals surface area contributed by atoms with Gasteiger partial charge in [-0.25, -0.2) is 4.79 Å². The summed E-state index contributed by atoms with van der Waals surface area (Å²) < 4.78 is 0. The smallest absolute Gasteiger partial charge is 0.324 e. The van der Waals surface area contributed by atoms with Crippen LogP contribution in [-0.2, 0) is 10.2 Å². The number of hydrogen-bond donors (Lipinski definition) is 2. The first-order chi connectivity index (χ1) is 19.4. The fraction of sp³-hybridized carbons (Fsp3) is 0.419. The molecule has 2 aromatic heterocycles. The van der Waals surface area contributed by atoms with Crippen LogP contribution in [0.4, 0.5) is 15.5 Å². The number of carbonyl (C=O) groups excluding carboxylic acids is 3. The zero-order valence-corrected chi connectivity index (χ0v) is 25.3. The van der Waals surface area contributed by atoms with Gasteiger partial charge in [0.15, 0.2) is 5.78 Å². The topological polar surface area (TPSA) is 97.9 Å². The molecule has 41 heavy (non-hydrogen) atoms. The molecule has 216 valence electrons. The van der Waals surface area contributed by atoms with E-state index >= 15 is 0 Å². The lowest BCUT2D eigenvalue weighted by Gasteiger charge is -2.34. The van der Waals surface area contributed by atoms with E-state index in [-0.39, 0.29) is 29.2 Å². The van der Waals surface area contributed by atoms with Gasteiger partial charge in [-0.3, -0.25) is 29.7 Å². The molecule has 2 N–H and O–H groups in total. The summed E-state index contributed by atoms with van der Waals surface area (Å²) in [6.45, 7) is 10.7. The predicted octanol–water partition coefficient (Wildman–Crippen LogP) is 4.70. The minimum atomic E-state index is -0.408. The van der Waals surface area contributed by atoms with Crippen LogP contribution in [0.2, 0.25) is 0 Å². The molecule has 1 aliphatic heterocycles. The molecule has 2 aliphatic rings. The Bertz CT molecular complexity index is 1450. The van der Waals surface area contributed by atoms with Gasteiger partial charge in [0.1, 0.15) is 5.00 Å². The van der Waals surface area contributed by atoms with Gasteiger partial charge in [0, 0.05) is 54.7 Å². The maximum absolute atomic E-state index is 13.7. The molecular formula is C31H38N6O3S. The average Bonchev–Trinajstić information content (AvgIpc) is 3.43. The van der Waals surface area contributed by atoms with Crippen LogP contribution in [0.5, 0.6) is 0 Å². The Labute approximate surface area is 245 Å². The van der Waals surface area contributed by atoms with E-state index in [4.69, 9.17) is 0 Å². The van der Waals surface area contributed by atoms with Crippen molar-refractivity contribution < 1.29 is 14.4 Å². The zero-order valence-electron chi connectivity index (χ0n) is 24.5. The number of carbonyl (C=O) groups is 3. The highest BCUT2D eigenvalue weighted by molar-refractivity contribution is 7.16. The fourth-order valence-corrected chi connectivity index (χ4v) is 6.42. The number of Topliss-reactive ketones (excluding diaryl/α,β-unsaturated/α-hetero) is 1. The molecule has 2 atom stereocenters. The zero-order chi connectivity index (χ0) is 29.5. The van der Waals surface area contributed by atoms with Gasteiger partial charge in [-0.1, -0.05) is 32.9 Å². The van der Waals surface area contributed by atoms with Crippen molar-refractivity contribution in [3.63, 3.8) is 0 Å². The normalized spacial score (nSPS) is 19.4. The Balaban J connectivity index is 1.30. The summed E-state index contributed by atoms with van der Waals surface area (Å²) >= 11 is 1.43. The molecule has 1 saturated heterocycles. The van der Waals surface area contributed by atoms with Gasteiger partial charge >= 0.3 is 6.03 Å². The summed E-state index contributed by atoms with van der Waals surface area (Å²) in [7, 11) is 3.85. The van der Waals surface area contributed by atoms with Crippen LogP contribution in [0.25, 0.3) is 11.1 Å². The quantitative estimate of drug-likeness (QED) is 0.443. The van der Waals surface area contributed by atoms with Crippen LogP contribution >= 0.6 is 11.3 Å². The second-order valence-corrected chi connectivity index (χ2v) is 13.1. The number of aryl methyl sites for hydroxylation is 1. The van der Waals surface area contributed by atoms with Crippen molar-refractivity contribution in [2.24, 2.45) is 0 Å². The highest BCUT2D eigenvalue weighted by atomic mass is 32.1. The maximum Gasteiger partial charge on any atom is 0.324 e. The predicted molar refractivity (Wildman–Crippen MR) is 164 cm³/mol. The number of nitrogens with zero attached hydrogens (tertiary/aromatic N) is 4. The van der Waals surface area contributed by atoms with Crippen molar-refractivity contribution >= 4 is 39.7 Å². The van der Waals surface area contributed by atoms with E-state index in [0.29, 0.717) is 42.4 Å². The molecule has 1 aromatic carbocycles. The first-order valence-electron chi connectivity index (χ1n) is 13.9. The summed E-state index contributed by atoms with van der Waals surface area (Å²) in [5.74, 6) is 0.147. The number of pyridine rings is 1. The minimum absolute atomic E-state index is 0.0493. The molecule has 5 rings (SSSR count). The average molecular weight is 575 g/mol. The standard InChI is InChI=1S/C31H38N6O3S/c1-19-9-10-21(16-22(19)20-8-7-11-32-18-20)33-30(40)34-28-23(17-24(41-28)31(2,3)4)29(39)37-14-12-36(13-15-37)26-25(27(26)38)35(5)6/h7-11,16-18,25-26H,12-15H2,1-6H3,(H2,33,34,40). The summed E-state index contributed by atoms with van der Waals surface area (Å²) in [5.41, 5.74) is 4.00. The number of urea groups is 1. The van der Waals surface area contributed by atoms with Crippen molar-refractivity contribution in [3.05, 3.63) is 64.8 Å². The number of rotatable bonds is 6. The van der Waals surface area contributed by atoms with Crippen molar-refractivity contribution in [1.82, 2.24) is 19.7 Å². The van der Waals surface area contributed by atoms with Crippen LogP contribution in [0, 0.1) is 6.92 Å². The number of aromatic nitrogens is 1. The third-order valence-corrected chi connectivity index (χ3v) is 9.20. The number of anilines is 2. The molecule has 1 saturated carbocycles. The van der Waals surface area contributed by atoms with E-state index in [1.807, 2.05) is 67.2 Å². The van der Waals surface area contributed by atoms with Gasteiger partial charge in [-0.05, 0) is 61.8 Å². The molecule has 0 spiro atoms. The molecule has 9 nitrogen and oxygen atoms in total. The summed E-state index contributed by atoms with van der Waals surface area (Å²) in [4.78, 5) is 50.4. The Kier molecular flexibility index (Phi) is 8.00. The molecule has 10 heteroatoms. The first-order valence-corrected chi connectivity index (χ1v) is 14.7. The Morgan fingerprint density at radius 2 is 1.78 bits per heavy atom. The van der Waals surface area contributed by atoms with Gasteiger partial charge in [0.25, 0.3) is 5.91 Å². The number of amides is 3. The summed E-state index contributed by atoms with van der Waals surface area (Å²) in [5, 5.41) is 6.42. The van der Waals surface area contributed by atoms with E-state index in [9.17, 15) is 14.4 Å². The molecule has 3 aromatic rings. The fourth-order valence-electron chi connectivity index (χ4n) is 5.31. The van der Waals surface area contributed by atoms with Gasteiger partial charge < -0.3 is 10.2 Å². The molecule has 0 radical (unpaired) electrons. The molecule has 2 unspecified atom stereocenters. The molecule has 0 bridgehead atoms. The number of piperazine rings is 1. The molecule has 3 amide bonds. The van der Waals surface area contributed by atoms with E-state index in [2.05, 4.69) is 41.3 Å². The lowest BCUT2D eigenvalue weighted by molar-refractivity contribution is -0.112. The first kappa shape index (κ1) is 28.9. The lowest BCUT2D eigenvalue weighted by Crippen LogP contribution is -2.50. The van der Waals surface area contributed by atoms with Gasteiger partial charge in [-0.2, -0.15) is 0 Å². The number of nitrogens with one attached hydrogen (secondary N) is 2. The van der Waals surface area contributed by atoms with Crippen LogP contribution in [0.15, 0.2) is 48.8 Å². The molecular weight excluding hydrogens is 536 g/mol. The van der Waals surface area contributed by atoms with E-state index < -0.39 is 6.03 Å². The van der Waals surface area contributed by atoms with E-state index in [1.54, 1.807) is 12.4 Å². The Morgan fingerprint density at radius 3 is 2.39 bits per heavy atom. The summed E-state index contributed by atoms with van der Waals surface area (Å²) in [6, 6.07) is 11.0. The van der Waals surface area contributed by atoms with Gasteiger partial charge in [0.05, 0.1) is 17.6 Å². The van der Waals surface area contributed by atoms with Crippen LogP contribution in [0.3, 0.4) is 0 Å². The highest BCUT2D eigenvalue weighted by Crippen LogP contribution is 2.37. The van der Waals surface area contributed by atoms with Crippen LogP contribution in [-0.4, -0.2) is 89.8 Å². The number of likely N-dealkylation sites (N-methyl/N-ethyl adjacent to an activating group) is 1. The largest absolute Gasteiger partial charge is 0.336 e. The number of hydrogen-bond acceptors (Lipinski definition) is 7. The van der Waals surface area contributed by atoms with Gasteiger partial charge in [0.2, 0.25) is 0 Å². The van der Waals surface area contributed by atoms with E-state index in [0.717, 1.165) is 21.6 Å². The Morgan fingerprint density at radius 1 is 1.05 bits per heavy atom. The second-order valence-electron chi connectivity index (χ2n) is 12.0. The summed E-state index contributed by atoms with van der Waals surface area (Å²) in [6.07, 6.45) is 3.53. The van der Waals surface area contributed by atoms with E-state index in [1.165, 1.54) is 11.3 Å². The van der Waals surface area contributed by atoms with Crippen LogP contribution in [0.1, 0.15) is 41.6 Å². The van der Waals surface area contributed by atoms with Crippen molar-refractivity contribution in [1.29, 1.82) is 0 Å². The number of ketones is 1. The number of thiophene rings is 1.